The molecular formula is C13H19Cl2N3O2. The molecule has 2 amide bonds. The maximum atomic E-state index is 11.7. The molecule has 0 fully saturated rings. The first-order valence-corrected chi connectivity index (χ1v) is 6.39. The number of nitrogens with one attached hydrogen (secondary N) is 2. The number of halogens is 2. The van der Waals surface area contributed by atoms with Gasteiger partial charge in [-0.1, -0.05) is 11.6 Å². The number of benzene rings is 1. The number of hydrogen-bond donors (Lipinski definition) is 3. The van der Waals surface area contributed by atoms with Gasteiger partial charge in [0.05, 0.1) is 11.4 Å². The average Bonchev–Trinajstić information content (AvgIpc) is 2.29. The minimum atomic E-state index is -0.228. The summed E-state index contributed by atoms with van der Waals surface area (Å²) in [5.74, 6) is -0.375. The third-order valence-electron chi connectivity index (χ3n) is 2.39. The summed E-state index contributed by atoms with van der Waals surface area (Å²) in [6, 6.07) is 4.86. The summed E-state index contributed by atoms with van der Waals surface area (Å²) in [6.07, 6.45) is 0.939. The molecule has 0 saturated carbocycles. The van der Waals surface area contributed by atoms with Crippen LogP contribution in [0, 0.1) is 0 Å². The van der Waals surface area contributed by atoms with E-state index in [-0.39, 0.29) is 30.3 Å². The highest BCUT2D eigenvalue weighted by Crippen LogP contribution is 2.26. The zero-order chi connectivity index (χ0) is 14.4. The summed E-state index contributed by atoms with van der Waals surface area (Å²) in [4.78, 5) is 22.8. The van der Waals surface area contributed by atoms with Crippen molar-refractivity contribution in [1.29, 1.82) is 0 Å². The van der Waals surface area contributed by atoms with E-state index < -0.39 is 0 Å². The Bertz CT molecular complexity index is 479. The minimum Gasteiger partial charge on any atom is -0.328 e. The highest BCUT2D eigenvalue weighted by atomic mass is 35.5. The van der Waals surface area contributed by atoms with E-state index in [9.17, 15) is 9.59 Å². The Morgan fingerprint density at radius 2 is 1.95 bits per heavy atom. The van der Waals surface area contributed by atoms with E-state index in [0.717, 1.165) is 0 Å². The molecule has 0 aromatic heterocycles. The number of nitrogens with two attached hydrogens (primary N) is 1. The molecule has 5 nitrogen and oxygen atoms in total. The molecule has 1 unspecified atom stereocenters. The summed E-state index contributed by atoms with van der Waals surface area (Å²) >= 11 is 5.86. The minimum absolute atomic E-state index is 0. The first-order valence-electron chi connectivity index (χ1n) is 6.01. The second kappa shape index (κ2) is 8.79. The van der Waals surface area contributed by atoms with Crippen molar-refractivity contribution in [3.8, 4) is 0 Å². The molecule has 1 rings (SSSR count). The van der Waals surface area contributed by atoms with Gasteiger partial charge in [0, 0.05) is 24.4 Å². The van der Waals surface area contributed by atoms with E-state index in [1.54, 1.807) is 18.2 Å². The quantitative estimate of drug-likeness (QED) is 0.780. The summed E-state index contributed by atoms with van der Waals surface area (Å²) in [6.45, 7) is 3.24. The Hall–Kier alpha value is -1.30. The van der Waals surface area contributed by atoms with Gasteiger partial charge in [0.25, 0.3) is 0 Å². The van der Waals surface area contributed by atoms with Crippen molar-refractivity contribution >= 4 is 47.2 Å². The topological polar surface area (TPSA) is 84.2 Å². The standard InChI is InChI=1S/C13H18ClN3O2.ClH/c1-8(15)3-6-13(19)17-11-5-4-10(14)7-12(11)16-9(2)18;/h4-5,7-8H,3,6,15H2,1-2H3,(H,16,18)(H,17,19);1H. The fourth-order valence-corrected chi connectivity index (χ4v) is 1.66. The number of anilines is 2. The monoisotopic (exact) mass is 319 g/mol. The molecule has 0 aliphatic carbocycles. The molecule has 0 spiro atoms. The zero-order valence-electron chi connectivity index (χ0n) is 11.4. The average molecular weight is 320 g/mol. The van der Waals surface area contributed by atoms with E-state index in [4.69, 9.17) is 17.3 Å². The second-order valence-corrected chi connectivity index (χ2v) is 4.87. The Labute approximate surface area is 129 Å². The molecule has 1 atom stereocenters. The van der Waals surface area contributed by atoms with Gasteiger partial charge in [-0.3, -0.25) is 9.59 Å². The van der Waals surface area contributed by atoms with Crippen LogP contribution in [0.15, 0.2) is 18.2 Å². The predicted molar refractivity (Wildman–Crippen MR) is 84.5 cm³/mol. The predicted octanol–water partition coefficient (Wildman–Crippen LogP) is 2.79. The van der Waals surface area contributed by atoms with Gasteiger partial charge in [0.1, 0.15) is 0 Å². The van der Waals surface area contributed by atoms with E-state index in [2.05, 4.69) is 10.6 Å². The van der Waals surface area contributed by atoms with Crippen molar-refractivity contribution in [2.24, 2.45) is 5.73 Å². The molecule has 7 heteroatoms. The third-order valence-corrected chi connectivity index (χ3v) is 2.63. The van der Waals surface area contributed by atoms with Crippen molar-refractivity contribution in [3.05, 3.63) is 23.2 Å². The number of hydrogen-bond acceptors (Lipinski definition) is 3. The Morgan fingerprint density at radius 1 is 1.30 bits per heavy atom. The van der Waals surface area contributed by atoms with Crippen LogP contribution in [0.5, 0.6) is 0 Å². The van der Waals surface area contributed by atoms with Gasteiger partial charge >= 0.3 is 0 Å². The van der Waals surface area contributed by atoms with Crippen molar-refractivity contribution < 1.29 is 9.59 Å². The molecule has 0 saturated heterocycles. The second-order valence-electron chi connectivity index (χ2n) is 4.44. The summed E-state index contributed by atoms with van der Waals surface area (Å²) < 4.78 is 0. The summed E-state index contributed by atoms with van der Waals surface area (Å²) in [5.41, 5.74) is 6.60. The summed E-state index contributed by atoms with van der Waals surface area (Å²) in [7, 11) is 0. The molecule has 4 N–H and O–H groups in total. The van der Waals surface area contributed by atoms with Gasteiger partial charge in [-0.05, 0) is 31.5 Å². The molecular weight excluding hydrogens is 301 g/mol. The molecule has 112 valence electrons. The van der Waals surface area contributed by atoms with Crippen LogP contribution in [0.4, 0.5) is 11.4 Å². The third kappa shape index (κ3) is 6.75. The highest BCUT2D eigenvalue weighted by molar-refractivity contribution is 6.31. The molecule has 0 radical (unpaired) electrons. The molecule has 1 aromatic carbocycles. The first-order chi connectivity index (χ1) is 8.88. The highest BCUT2D eigenvalue weighted by Gasteiger charge is 2.09. The molecule has 20 heavy (non-hydrogen) atoms. The molecule has 0 bridgehead atoms. The van der Waals surface area contributed by atoms with Gasteiger partial charge in [0.15, 0.2) is 0 Å². The molecule has 1 aromatic rings. The van der Waals surface area contributed by atoms with Crippen LogP contribution in [-0.2, 0) is 9.59 Å². The van der Waals surface area contributed by atoms with Gasteiger partial charge in [-0.25, -0.2) is 0 Å². The Balaban J connectivity index is 0.00000361. The largest absolute Gasteiger partial charge is 0.328 e. The fraction of sp³-hybridized carbons (Fsp3) is 0.385. The van der Waals surface area contributed by atoms with Gasteiger partial charge in [-0.2, -0.15) is 0 Å². The van der Waals surface area contributed by atoms with Crippen molar-refractivity contribution in [1.82, 2.24) is 0 Å². The van der Waals surface area contributed by atoms with Crippen molar-refractivity contribution in [2.45, 2.75) is 32.7 Å². The number of amides is 2. The maximum absolute atomic E-state index is 11.7. The van der Waals surface area contributed by atoms with Crippen LogP contribution >= 0.6 is 24.0 Å². The van der Waals surface area contributed by atoms with Crippen LogP contribution in [0.3, 0.4) is 0 Å². The maximum Gasteiger partial charge on any atom is 0.224 e. The van der Waals surface area contributed by atoms with Gasteiger partial charge < -0.3 is 16.4 Å². The fourth-order valence-electron chi connectivity index (χ4n) is 1.49. The molecule has 0 heterocycles. The van der Waals surface area contributed by atoms with E-state index in [0.29, 0.717) is 29.2 Å². The van der Waals surface area contributed by atoms with Crippen LogP contribution in [-0.4, -0.2) is 17.9 Å². The lowest BCUT2D eigenvalue weighted by molar-refractivity contribution is -0.116. The van der Waals surface area contributed by atoms with E-state index in [1.165, 1.54) is 6.92 Å². The summed E-state index contributed by atoms with van der Waals surface area (Å²) in [5, 5.41) is 5.84. The van der Waals surface area contributed by atoms with Crippen LogP contribution in [0.1, 0.15) is 26.7 Å². The number of rotatable bonds is 5. The van der Waals surface area contributed by atoms with E-state index in [1.807, 2.05) is 6.92 Å². The molecule has 0 aliphatic rings. The van der Waals surface area contributed by atoms with Gasteiger partial charge in [-0.15, -0.1) is 12.4 Å². The van der Waals surface area contributed by atoms with Gasteiger partial charge in [0.2, 0.25) is 11.8 Å². The Kier molecular flexibility index (Phi) is 8.22. The lowest BCUT2D eigenvalue weighted by atomic mass is 10.2. The molecule has 0 aliphatic heterocycles. The normalized spacial score (nSPS) is 11.2. The van der Waals surface area contributed by atoms with Crippen LogP contribution < -0.4 is 16.4 Å². The van der Waals surface area contributed by atoms with Crippen molar-refractivity contribution in [2.75, 3.05) is 10.6 Å². The smallest absolute Gasteiger partial charge is 0.224 e. The lowest BCUT2D eigenvalue weighted by Gasteiger charge is -2.12. The number of carbonyl (C=O) groups is 2. The van der Waals surface area contributed by atoms with Crippen LogP contribution in [0.25, 0.3) is 0 Å². The SMILES string of the molecule is CC(=O)Nc1cc(Cl)ccc1NC(=O)CCC(C)N.Cl. The van der Waals surface area contributed by atoms with Crippen LogP contribution in [0.2, 0.25) is 5.02 Å². The number of carbonyl (C=O) groups excluding carboxylic acids is 2. The Morgan fingerprint density at radius 3 is 2.50 bits per heavy atom. The zero-order valence-corrected chi connectivity index (χ0v) is 13.0. The first kappa shape index (κ1) is 18.7. The van der Waals surface area contributed by atoms with E-state index >= 15 is 0 Å². The van der Waals surface area contributed by atoms with Crippen molar-refractivity contribution in [3.63, 3.8) is 0 Å². The lowest BCUT2D eigenvalue weighted by Crippen LogP contribution is -2.20.